The van der Waals surface area contributed by atoms with Crippen LogP contribution in [0, 0.1) is 0 Å². The van der Waals surface area contributed by atoms with Gasteiger partial charge in [0.1, 0.15) is 11.8 Å². The highest BCUT2D eigenvalue weighted by molar-refractivity contribution is 6.21. The zero-order chi connectivity index (χ0) is 18.1. The lowest BCUT2D eigenvalue weighted by atomic mass is 10.0. The van der Waals surface area contributed by atoms with E-state index in [1.807, 2.05) is 37.4 Å². The molecule has 0 bridgehead atoms. The van der Waals surface area contributed by atoms with Gasteiger partial charge in [-0.05, 0) is 42.8 Å². The fourth-order valence-electron chi connectivity index (χ4n) is 3.29. The Labute approximate surface area is 150 Å². The maximum atomic E-state index is 12.8. The molecule has 0 saturated carbocycles. The summed E-state index contributed by atoms with van der Waals surface area (Å²) in [6, 6.07) is 13.9. The summed E-state index contributed by atoms with van der Waals surface area (Å²) in [6.45, 7) is 2.47. The number of H-pyrrole nitrogens is 1. The van der Waals surface area contributed by atoms with Crippen LogP contribution in [0.1, 0.15) is 12.5 Å². The number of hydrogen-bond donors (Lipinski definition) is 2. The van der Waals surface area contributed by atoms with Gasteiger partial charge in [-0.2, -0.15) is 0 Å². The van der Waals surface area contributed by atoms with E-state index >= 15 is 0 Å². The molecule has 0 aliphatic carbocycles. The highest BCUT2D eigenvalue weighted by Gasteiger charge is 2.39. The molecular weight excluding hydrogens is 330 g/mol. The molecule has 1 saturated heterocycles. The number of carbonyl (C=O) groups excluding carboxylic acids is 2. The van der Waals surface area contributed by atoms with Crippen molar-refractivity contribution in [2.75, 3.05) is 11.5 Å². The lowest BCUT2D eigenvalue weighted by Gasteiger charge is -2.13. The van der Waals surface area contributed by atoms with Gasteiger partial charge in [0.25, 0.3) is 5.91 Å². The molecule has 6 nitrogen and oxygen atoms in total. The first-order valence-corrected chi connectivity index (χ1v) is 8.59. The number of para-hydroxylation sites is 1. The molecule has 1 fully saturated rings. The molecule has 132 valence electrons. The number of hydrogen-bond acceptors (Lipinski definition) is 3. The number of urea groups is 1. The van der Waals surface area contributed by atoms with Gasteiger partial charge in [0, 0.05) is 23.5 Å². The number of nitrogens with zero attached hydrogens (tertiary/aromatic N) is 1. The number of aromatic nitrogens is 1. The van der Waals surface area contributed by atoms with Gasteiger partial charge in [-0.15, -0.1) is 0 Å². The van der Waals surface area contributed by atoms with E-state index in [9.17, 15) is 9.59 Å². The van der Waals surface area contributed by atoms with Crippen molar-refractivity contribution in [1.82, 2.24) is 10.3 Å². The van der Waals surface area contributed by atoms with Crippen LogP contribution in [0.4, 0.5) is 10.5 Å². The first kappa shape index (κ1) is 16.2. The number of ether oxygens (including phenoxy) is 1. The van der Waals surface area contributed by atoms with E-state index in [0.29, 0.717) is 24.5 Å². The Morgan fingerprint density at radius 3 is 2.62 bits per heavy atom. The summed E-state index contributed by atoms with van der Waals surface area (Å²) in [6.07, 6.45) is 2.34. The number of imide groups is 1. The molecular formula is C20H19N3O3. The standard InChI is InChI=1S/C20H19N3O3/c1-2-26-15-9-7-14(8-10-15)23-19(24)18(22-20(23)25)11-13-12-21-17-6-4-3-5-16(13)17/h3-10,12,18,21H,2,11H2,1H3,(H,22,25)/t18-/m1/s1. The Bertz CT molecular complexity index is 962. The van der Waals surface area contributed by atoms with Crippen LogP contribution in [0.5, 0.6) is 5.75 Å². The molecule has 2 heterocycles. The predicted octanol–water partition coefficient (Wildman–Crippen LogP) is 3.23. The zero-order valence-electron chi connectivity index (χ0n) is 14.4. The van der Waals surface area contributed by atoms with Crippen LogP contribution in [-0.2, 0) is 11.2 Å². The van der Waals surface area contributed by atoms with Gasteiger partial charge in [0.15, 0.2) is 0 Å². The second-order valence-corrected chi connectivity index (χ2v) is 6.17. The molecule has 0 unspecified atom stereocenters. The van der Waals surface area contributed by atoms with Crippen molar-refractivity contribution in [3.63, 3.8) is 0 Å². The highest BCUT2D eigenvalue weighted by Crippen LogP contribution is 2.25. The number of aromatic amines is 1. The Morgan fingerprint density at radius 1 is 1.08 bits per heavy atom. The number of rotatable bonds is 5. The smallest absolute Gasteiger partial charge is 0.329 e. The largest absolute Gasteiger partial charge is 0.494 e. The molecule has 1 aromatic heterocycles. The lowest BCUT2D eigenvalue weighted by molar-refractivity contribution is -0.118. The summed E-state index contributed by atoms with van der Waals surface area (Å²) in [5.41, 5.74) is 2.56. The van der Waals surface area contributed by atoms with E-state index in [-0.39, 0.29) is 5.91 Å². The fourth-order valence-corrected chi connectivity index (χ4v) is 3.29. The van der Waals surface area contributed by atoms with Crippen molar-refractivity contribution >= 4 is 28.5 Å². The van der Waals surface area contributed by atoms with Crippen LogP contribution in [0.3, 0.4) is 0 Å². The van der Waals surface area contributed by atoms with E-state index in [4.69, 9.17) is 4.74 Å². The summed E-state index contributed by atoms with van der Waals surface area (Å²) in [7, 11) is 0. The summed E-state index contributed by atoms with van der Waals surface area (Å²) in [5, 5.41) is 3.85. The van der Waals surface area contributed by atoms with Gasteiger partial charge in [-0.25, -0.2) is 9.69 Å². The Kier molecular flexibility index (Phi) is 4.08. The molecule has 0 spiro atoms. The summed E-state index contributed by atoms with van der Waals surface area (Å²) < 4.78 is 5.40. The predicted molar refractivity (Wildman–Crippen MR) is 99.4 cm³/mol. The number of benzene rings is 2. The van der Waals surface area contributed by atoms with E-state index in [1.54, 1.807) is 24.3 Å². The molecule has 26 heavy (non-hydrogen) atoms. The number of amides is 3. The molecule has 6 heteroatoms. The number of anilines is 1. The Balaban J connectivity index is 1.55. The molecule has 2 aromatic carbocycles. The monoisotopic (exact) mass is 349 g/mol. The van der Waals surface area contributed by atoms with E-state index < -0.39 is 12.1 Å². The maximum absolute atomic E-state index is 12.8. The van der Waals surface area contributed by atoms with Crippen LogP contribution in [0.15, 0.2) is 54.7 Å². The van der Waals surface area contributed by atoms with Crippen LogP contribution < -0.4 is 15.0 Å². The molecule has 4 rings (SSSR count). The molecule has 1 atom stereocenters. The van der Waals surface area contributed by atoms with Crippen molar-refractivity contribution in [3.05, 3.63) is 60.3 Å². The second-order valence-electron chi connectivity index (χ2n) is 6.17. The number of nitrogens with one attached hydrogen (secondary N) is 2. The SMILES string of the molecule is CCOc1ccc(N2C(=O)N[C@H](Cc3c[nH]c4ccccc34)C2=O)cc1. The average molecular weight is 349 g/mol. The minimum absolute atomic E-state index is 0.246. The van der Waals surface area contributed by atoms with E-state index in [1.165, 1.54) is 4.90 Å². The van der Waals surface area contributed by atoms with Crippen molar-refractivity contribution in [2.45, 2.75) is 19.4 Å². The zero-order valence-corrected chi connectivity index (χ0v) is 14.4. The third kappa shape index (κ3) is 2.79. The Hall–Kier alpha value is -3.28. The van der Waals surface area contributed by atoms with E-state index in [0.717, 1.165) is 16.5 Å². The second kappa shape index (κ2) is 6.55. The minimum atomic E-state index is -0.576. The van der Waals surface area contributed by atoms with Gasteiger partial charge in [-0.1, -0.05) is 18.2 Å². The van der Waals surface area contributed by atoms with Gasteiger partial charge < -0.3 is 15.0 Å². The van der Waals surface area contributed by atoms with Crippen molar-refractivity contribution in [2.24, 2.45) is 0 Å². The number of fused-ring (bicyclic) bond motifs is 1. The molecule has 1 aliphatic heterocycles. The third-order valence-electron chi connectivity index (χ3n) is 4.52. The first-order chi connectivity index (χ1) is 12.7. The van der Waals surface area contributed by atoms with Crippen molar-refractivity contribution < 1.29 is 14.3 Å². The topological polar surface area (TPSA) is 74.4 Å². The van der Waals surface area contributed by atoms with Crippen LogP contribution >= 0.6 is 0 Å². The van der Waals surface area contributed by atoms with Gasteiger partial charge in [-0.3, -0.25) is 4.79 Å². The maximum Gasteiger partial charge on any atom is 0.329 e. The van der Waals surface area contributed by atoms with Gasteiger partial charge >= 0.3 is 6.03 Å². The molecule has 0 radical (unpaired) electrons. The first-order valence-electron chi connectivity index (χ1n) is 8.59. The average Bonchev–Trinajstić information content (AvgIpc) is 3.18. The van der Waals surface area contributed by atoms with Crippen LogP contribution in [0.25, 0.3) is 10.9 Å². The summed E-state index contributed by atoms with van der Waals surface area (Å²) >= 11 is 0. The molecule has 3 amide bonds. The van der Waals surface area contributed by atoms with Gasteiger partial charge in [0.2, 0.25) is 0 Å². The quantitative estimate of drug-likeness (QED) is 0.695. The van der Waals surface area contributed by atoms with Crippen molar-refractivity contribution in [1.29, 1.82) is 0 Å². The van der Waals surface area contributed by atoms with Crippen molar-refractivity contribution in [3.8, 4) is 5.75 Å². The highest BCUT2D eigenvalue weighted by atomic mass is 16.5. The summed E-state index contributed by atoms with van der Waals surface area (Å²) in [4.78, 5) is 29.5. The molecule has 1 aliphatic rings. The fraction of sp³-hybridized carbons (Fsp3) is 0.200. The van der Waals surface area contributed by atoms with Crippen LogP contribution in [0.2, 0.25) is 0 Å². The van der Waals surface area contributed by atoms with Gasteiger partial charge in [0.05, 0.1) is 12.3 Å². The number of carbonyl (C=O) groups is 2. The molecule has 2 N–H and O–H groups in total. The Morgan fingerprint density at radius 2 is 1.85 bits per heavy atom. The van der Waals surface area contributed by atoms with Crippen LogP contribution in [-0.4, -0.2) is 29.6 Å². The van der Waals surface area contributed by atoms with E-state index in [2.05, 4.69) is 10.3 Å². The third-order valence-corrected chi connectivity index (χ3v) is 4.52. The molecule has 3 aromatic rings. The minimum Gasteiger partial charge on any atom is -0.494 e. The normalized spacial score (nSPS) is 17.0. The summed E-state index contributed by atoms with van der Waals surface area (Å²) in [5.74, 6) is 0.461. The lowest BCUT2D eigenvalue weighted by Crippen LogP contribution is -2.32.